The van der Waals surface area contributed by atoms with E-state index in [0.29, 0.717) is 10.2 Å². The number of hydrogen-bond donors (Lipinski definition) is 1. The van der Waals surface area contributed by atoms with Gasteiger partial charge in [-0.1, -0.05) is 42.5 Å². The topological polar surface area (TPSA) is 39.6 Å². The van der Waals surface area contributed by atoms with Gasteiger partial charge >= 0.3 is 0 Å². The predicted molar refractivity (Wildman–Crippen MR) is 79.0 cm³/mol. The molecular weight excluding hydrogens is 252 g/mol. The van der Waals surface area contributed by atoms with E-state index in [1.165, 1.54) is 16.7 Å². The van der Waals surface area contributed by atoms with Crippen molar-refractivity contribution in [2.24, 2.45) is 0 Å². The maximum absolute atomic E-state index is 9.00. The monoisotopic (exact) mass is 264 g/mol. The molecule has 2 nitrogen and oxygen atoms in total. The molecule has 0 atom stereocenters. The molecule has 1 aromatic carbocycles. The van der Waals surface area contributed by atoms with Crippen molar-refractivity contribution in [1.82, 2.24) is 4.98 Å². The molecule has 0 spiro atoms. The van der Waals surface area contributed by atoms with Gasteiger partial charge in [-0.15, -0.1) is 0 Å². The Bertz CT molecular complexity index is 749. The average molecular weight is 264 g/mol. The van der Waals surface area contributed by atoms with E-state index in [1.807, 2.05) is 24.3 Å². The number of aromatic amines is 1. The van der Waals surface area contributed by atoms with E-state index in [2.05, 4.69) is 29.3 Å². The molecule has 0 radical (unpaired) electrons. The van der Waals surface area contributed by atoms with Crippen molar-refractivity contribution in [2.75, 3.05) is 0 Å². The second-order valence-electron chi connectivity index (χ2n) is 4.60. The Kier molecular flexibility index (Phi) is 3.02. The lowest BCUT2D eigenvalue weighted by molar-refractivity contribution is 1.07. The van der Waals surface area contributed by atoms with Crippen molar-refractivity contribution >= 4 is 23.9 Å². The summed E-state index contributed by atoms with van der Waals surface area (Å²) in [7, 11) is 0. The number of H-pyrrole nitrogens is 1. The molecular formula is C16H12N2S. The molecule has 3 rings (SSSR count). The van der Waals surface area contributed by atoms with Crippen LogP contribution in [-0.2, 0) is 6.42 Å². The number of hydrogen-bond acceptors (Lipinski definition) is 2. The van der Waals surface area contributed by atoms with Gasteiger partial charge in [0.2, 0.25) is 0 Å². The van der Waals surface area contributed by atoms with Gasteiger partial charge in [-0.25, -0.2) is 0 Å². The van der Waals surface area contributed by atoms with E-state index >= 15 is 0 Å². The van der Waals surface area contributed by atoms with E-state index in [0.717, 1.165) is 18.5 Å². The molecule has 0 bridgehead atoms. The van der Waals surface area contributed by atoms with Crippen molar-refractivity contribution in [3.8, 4) is 6.07 Å². The number of benzene rings is 1. The van der Waals surface area contributed by atoms with Crippen molar-refractivity contribution < 1.29 is 0 Å². The fraction of sp³-hybridized carbons (Fsp3) is 0.125. The lowest BCUT2D eigenvalue weighted by atomic mass is 10.1. The molecule has 19 heavy (non-hydrogen) atoms. The number of pyridine rings is 1. The highest BCUT2D eigenvalue weighted by atomic mass is 32.1. The molecule has 0 amide bonds. The smallest absolute Gasteiger partial charge is 0.121 e. The quantitative estimate of drug-likeness (QED) is 0.787. The van der Waals surface area contributed by atoms with Gasteiger partial charge in [0.1, 0.15) is 10.7 Å². The van der Waals surface area contributed by atoms with Gasteiger partial charge < -0.3 is 4.98 Å². The van der Waals surface area contributed by atoms with Crippen molar-refractivity contribution in [2.45, 2.75) is 12.8 Å². The number of nitriles is 1. The highest BCUT2D eigenvalue weighted by molar-refractivity contribution is 7.71. The van der Waals surface area contributed by atoms with Crippen LogP contribution in [0.4, 0.5) is 0 Å². The van der Waals surface area contributed by atoms with Gasteiger partial charge in [-0.05, 0) is 41.7 Å². The van der Waals surface area contributed by atoms with Crippen LogP contribution in [-0.4, -0.2) is 4.98 Å². The number of allylic oxidation sites excluding steroid dienone is 1. The second kappa shape index (κ2) is 4.83. The number of rotatable bonds is 1. The first-order valence-electron chi connectivity index (χ1n) is 6.20. The first-order valence-corrected chi connectivity index (χ1v) is 6.61. The molecule has 1 heterocycles. The van der Waals surface area contributed by atoms with Crippen LogP contribution in [0.25, 0.3) is 11.6 Å². The number of nitrogens with one attached hydrogen (secondary N) is 1. The highest BCUT2D eigenvalue weighted by Gasteiger charge is 2.17. The van der Waals surface area contributed by atoms with Crippen LogP contribution < -0.4 is 0 Å². The van der Waals surface area contributed by atoms with E-state index in [9.17, 15) is 0 Å². The second-order valence-corrected chi connectivity index (χ2v) is 5.01. The van der Waals surface area contributed by atoms with Crippen LogP contribution in [0, 0.1) is 16.0 Å². The van der Waals surface area contributed by atoms with Gasteiger partial charge in [0.15, 0.2) is 0 Å². The fourth-order valence-electron chi connectivity index (χ4n) is 2.43. The standard InChI is InChI=1S/C16H12N2S/c17-10-14-9-13-7-6-12(15(13)18-16(14)19)8-11-4-2-1-3-5-11/h1-5,8-9H,6-7H2,(H,18,19)/b12-8+. The van der Waals surface area contributed by atoms with E-state index in [4.69, 9.17) is 17.5 Å². The zero-order valence-electron chi connectivity index (χ0n) is 10.3. The first kappa shape index (κ1) is 11.9. The highest BCUT2D eigenvalue weighted by Crippen LogP contribution is 2.32. The molecule has 0 aliphatic heterocycles. The van der Waals surface area contributed by atoms with E-state index in [1.54, 1.807) is 0 Å². The molecule has 0 unspecified atom stereocenters. The zero-order chi connectivity index (χ0) is 13.2. The Labute approximate surface area is 117 Å². The summed E-state index contributed by atoms with van der Waals surface area (Å²) < 4.78 is 0.530. The summed E-state index contributed by atoms with van der Waals surface area (Å²) in [5.41, 5.74) is 5.29. The lowest BCUT2D eigenvalue weighted by Crippen LogP contribution is -1.91. The lowest BCUT2D eigenvalue weighted by Gasteiger charge is -2.03. The van der Waals surface area contributed by atoms with Gasteiger partial charge in [-0.3, -0.25) is 0 Å². The molecule has 3 heteroatoms. The zero-order valence-corrected chi connectivity index (χ0v) is 11.1. The summed E-state index contributed by atoms with van der Waals surface area (Å²) in [6.07, 6.45) is 4.14. The normalized spacial score (nSPS) is 15.2. The molecule has 0 saturated carbocycles. The van der Waals surface area contributed by atoms with E-state index in [-0.39, 0.29) is 0 Å². The summed E-state index contributed by atoms with van der Waals surface area (Å²) in [4.78, 5) is 3.20. The Morgan fingerprint density at radius 1 is 1.21 bits per heavy atom. The van der Waals surface area contributed by atoms with Crippen LogP contribution in [0.3, 0.4) is 0 Å². The van der Waals surface area contributed by atoms with Crippen LogP contribution >= 0.6 is 12.2 Å². The third-order valence-electron chi connectivity index (χ3n) is 3.37. The molecule has 1 N–H and O–H groups in total. The van der Waals surface area contributed by atoms with Gasteiger partial charge in [0.05, 0.1) is 5.56 Å². The molecule has 1 aromatic heterocycles. The number of aromatic nitrogens is 1. The summed E-state index contributed by atoms with van der Waals surface area (Å²) in [5.74, 6) is 0. The Hall–Kier alpha value is -2.18. The van der Waals surface area contributed by atoms with Gasteiger partial charge in [-0.2, -0.15) is 5.26 Å². The molecule has 1 aliphatic carbocycles. The summed E-state index contributed by atoms with van der Waals surface area (Å²) >= 11 is 5.20. The Morgan fingerprint density at radius 2 is 2.00 bits per heavy atom. The molecule has 0 fully saturated rings. The number of aryl methyl sites for hydroxylation is 1. The third-order valence-corrected chi connectivity index (χ3v) is 3.69. The van der Waals surface area contributed by atoms with Gasteiger partial charge in [0.25, 0.3) is 0 Å². The maximum Gasteiger partial charge on any atom is 0.121 e. The van der Waals surface area contributed by atoms with Gasteiger partial charge in [0, 0.05) is 5.69 Å². The number of nitrogens with zero attached hydrogens (tertiary/aromatic N) is 1. The summed E-state index contributed by atoms with van der Waals surface area (Å²) in [6.45, 7) is 0. The molecule has 1 aliphatic rings. The summed E-state index contributed by atoms with van der Waals surface area (Å²) in [6, 6.07) is 14.3. The average Bonchev–Trinajstić information content (AvgIpc) is 2.81. The molecule has 92 valence electrons. The Balaban J connectivity index is 2.09. The number of fused-ring (bicyclic) bond motifs is 1. The largest absolute Gasteiger partial charge is 0.345 e. The minimum atomic E-state index is 0.530. The van der Waals surface area contributed by atoms with Crippen LogP contribution in [0.1, 0.15) is 28.8 Å². The predicted octanol–water partition coefficient (Wildman–Crippen LogP) is 4.10. The maximum atomic E-state index is 9.00. The molecule has 2 aromatic rings. The molecule has 0 saturated heterocycles. The first-order chi connectivity index (χ1) is 9.28. The SMILES string of the molecule is N#Cc1cc2c([nH]c1=S)/C(=C/c1ccccc1)CC2. The Morgan fingerprint density at radius 3 is 2.74 bits per heavy atom. The third kappa shape index (κ3) is 2.23. The summed E-state index contributed by atoms with van der Waals surface area (Å²) in [5, 5.41) is 9.00. The van der Waals surface area contributed by atoms with Crippen molar-refractivity contribution in [1.29, 1.82) is 5.26 Å². The minimum Gasteiger partial charge on any atom is -0.345 e. The van der Waals surface area contributed by atoms with Crippen molar-refractivity contribution in [3.05, 3.63) is 63.4 Å². The van der Waals surface area contributed by atoms with Crippen LogP contribution in [0.2, 0.25) is 0 Å². The van der Waals surface area contributed by atoms with Crippen molar-refractivity contribution in [3.63, 3.8) is 0 Å². The van der Waals surface area contributed by atoms with E-state index < -0.39 is 0 Å². The van der Waals surface area contributed by atoms with Crippen LogP contribution in [0.5, 0.6) is 0 Å². The fourth-order valence-corrected chi connectivity index (χ4v) is 2.64. The van der Waals surface area contributed by atoms with Crippen LogP contribution in [0.15, 0.2) is 36.4 Å². The minimum absolute atomic E-state index is 0.530.